The van der Waals surface area contributed by atoms with Gasteiger partial charge in [-0.05, 0) is 12.3 Å². The molecule has 0 aromatic rings. The summed E-state index contributed by atoms with van der Waals surface area (Å²) in [5.41, 5.74) is 0. The number of carbonyl (C=O) groups excluding carboxylic acids is 1. The van der Waals surface area contributed by atoms with Gasteiger partial charge >= 0.3 is 5.97 Å². The number of amides is 1. The van der Waals surface area contributed by atoms with E-state index in [1.165, 1.54) is 0 Å². The summed E-state index contributed by atoms with van der Waals surface area (Å²) in [6, 6.07) is 0. The molecule has 0 bridgehead atoms. The summed E-state index contributed by atoms with van der Waals surface area (Å²) in [5.74, 6) is -1.01. The number of carbonyl (C=O) groups is 2. The number of carboxylic acids is 1. The van der Waals surface area contributed by atoms with Gasteiger partial charge in [0.05, 0.1) is 0 Å². The van der Waals surface area contributed by atoms with E-state index in [1.807, 2.05) is 6.92 Å². The maximum absolute atomic E-state index is 11.1. The lowest BCUT2D eigenvalue weighted by molar-refractivity contribution is -0.137. The molecular weight excluding hydrogens is 186 g/mol. The Morgan fingerprint density at radius 3 is 2.50 bits per heavy atom. The van der Waals surface area contributed by atoms with E-state index in [9.17, 15) is 9.59 Å². The van der Waals surface area contributed by atoms with E-state index in [0.717, 1.165) is 0 Å². The van der Waals surface area contributed by atoms with Gasteiger partial charge in [-0.1, -0.05) is 6.92 Å². The fourth-order valence-corrected chi connectivity index (χ4v) is 0.841. The predicted octanol–water partition coefficient (Wildman–Crippen LogP) is -0.0141. The Kier molecular flexibility index (Phi) is 6.74. The van der Waals surface area contributed by atoms with Gasteiger partial charge in [-0.25, -0.2) is 0 Å². The van der Waals surface area contributed by atoms with Crippen LogP contribution in [0.15, 0.2) is 0 Å². The number of hydrogen-bond acceptors (Lipinski definition) is 3. The Hall–Kier alpha value is -1.10. The summed E-state index contributed by atoms with van der Waals surface area (Å²) in [6.07, 6.45) is 0.599. The Morgan fingerprint density at radius 2 is 2.00 bits per heavy atom. The number of aliphatic carboxylic acids is 1. The highest BCUT2D eigenvalue weighted by Crippen LogP contribution is 1.96. The summed E-state index contributed by atoms with van der Waals surface area (Å²) in [6.45, 7) is 2.29. The molecule has 0 radical (unpaired) electrons. The molecule has 0 spiro atoms. The maximum atomic E-state index is 11.1. The number of nitrogens with one attached hydrogen (secondary N) is 1. The van der Waals surface area contributed by atoms with Gasteiger partial charge in [0, 0.05) is 26.0 Å². The minimum absolute atomic E-state index is 0.0168. The van der Waals surface area contributed by atoms with Crippen LogP contribution in [-0.2, 0) is 9.59 Å². The third-order valence-electron chi connectivity index (χ3n) is 1.75. The summed E-state index contributed by atoms with van der Waals surface area (Å²) >= 11 is 0. The highest BCUT2D eigenvalue weighted by Gasteiger charge is 2.05. The molecule has 82 valence electrons. The molecule has 0 heterocycles. The van der Waals surface area contributed by atoms with Gasteiger partial charge in [0.25, 0.3) is 0 Å². The normalized spacial score (nSPS) is 12.1. The van der Waals surface area contributed by atoms with Gasteiger partial charge in [-0.3, -0.25) is 9.59 Å². The third kappa shape index (κ3) is 7.54. The summed E-state index contributed by atoms with van der Waals surface area (Å²) < 4.78 is 0. The number of rotatable bonds is 7. The molecule has 0 aliphatic rings. The molecule has 1 atom stereocenters. The van der Waals surface area contributed by atoms with Gasteiger partial charge < -0.3 is 15.5 Å². The van der Waals surface area contributed by atoms with Crippen molar-refractivity contribution in [1.29, 1.82) is 0 Å². The van der Waals surface area contributed by atoms with Crippen molar-refractivity contribution in [3.05, 3.63) is 0 Å². The number of hydrogen-bond donors (Lipinski definition) is 3. The van der Waals surface area contributed by atoms with Crippen LogP contribution in [0.3, 0.4) is 0 Å². The minimum atomic E-state index is -0.887. The van der Waals surface area contributed by atoms with Crippen LogP contribution < -0.4 is 5.32 Å². The monoisotopic (exact) mass is 203 g/mol. The smallest absolute Gasteiger partial charge is 0.303 e. The van der Waals surface area contributed by atoms with E-state index < -0.39 is 5.97 Å². The van der Waals surface area contributed by atoms with Crippen LogP contribution in [-0.4, -0.2) is 35.2 Å². The lowest BCUT2D eigenvalue weighted by Crippen LogP contribution is -2.29. The zero-order valence-electron chi connectivity index (χ0n) is 8.32. The zero-order valence-corrected chi connectivity index (χ0v) is 8.32. The van der Waals surface area contributed by atoms with Crippen LogP contribution in [0.2, 0.25) is 0 Å². The van der Waals surface area contributed by atoms with Crippen molar-refractivity contribution in [3.8, 4) is 0 Å². The molecule has 0 aromatic heterocycles. The lowest BCUT2D eigenvalue weighted by atomic mass is 10.2. The Balaban J connectivity index is 3.41. The molecule has 1 unspecified atom stereocenters. The quantitative estimate of drug-likeness (QED) is 0.543. The first-order valence-electron chi connectivity index (χ1n) is 4.65. The number of aliphatic hydroxyl groups excluding tert-OH is 1. The number of carboxylic acid groups (broad SMARTS) is 1. The highest BCUT2D eigenvalue weighted by molar-refractivity contribution is 5.76. The molecule has 0 aliphatic carbocycles. The summed E-state index contributed by atoms with van der Waals surface area (Å²) in [4.78, 5) is 21.2. The lowest BCUT2D eigenvalue weighted by Gasteiger charge is -2.08. The van der Waals surface area contributed by atoms with Gasteiger partial charge in [0.1, 0.15) is 0 Å². The van der Waals surface area contributed by atoms with E-state index >= 15 is 0 Å². The van der Waals surface area contributed by atoms with E-state index in [4.69, 9.17) is 10.2 Å². The first-order valence-corrected chi connectivity index (χ1v) is 4.65. The van der Waals surface area contributed by atoms with Crippen molar-refractivity contribution in [2.24, 2.45) is 5.92 Å². The summed E-state index contributed by atoms with van der Waals surface area (Å²) in [7, 11) is 0. The van der Waals surface area contributed by atoms with Crippen LogP contribution in [0, 0.1) is 5.92 Å². The third-order valence-corrected chi connectivity index (χ3v) is 1.75. The Morgan fingerprint density at radius 1 is 1.36 bits per heavy atom. The first kappa shape index (κ1) is 12.9. The minimum Gasteiger partial charge on any atom is -0.481 e. The van der Waals surface area contributed by atoms with Gasteiger partial charge in [0.2, 0.25) is 5.91 Å². The Labute approximate surface area is 83.1 Å². The average molecular weight is 203 g/mol. The molecule has 0 rings (SSSR count). The van der Waals surface area contributed by atoms with Crippen LogP contribution in [0.5, 0.6) is 0 Å². The molecular formula is C9H17NO4. The van der Waals surface area contributed by atoms with E-state index in [2.05, 4.69) is 5.32 Å². The maximum Gasteiger partial charge on any atom is 0.303 e. The average Bonchev–Trinajstić information content (AvgIpc) is 2.13. The second-order valence-electron chi connectivity index (χ2n) is 3.34. The highest BCUT2D eigenvalue weighted by atomic mass is 16.4. The molecule has 5 nitrogen and oxygen atoms in total. The van der Waals surface area contributed by atoms with Crippen LogP contribution >= 0.6 is 0 Å². The molecule has 0 saturated heterocycles. The van der Waals surface area contributed by atoms with Gasteiger partial charge in [-0.15, -0.1) is 0 Å². The van der Waals surface area contributed by atoms with E-state index in [1.54, 1.807) is 0 Å². The zero-order chi connectivity index (χ0) is 11.0. The second kappa shape index (κ2) is 7.32. The van der Waals surface area contributed by atoms with Crippen LogP contribution in [0.4, 0.5) is 0 Å². The summed E-state index contributed by atoms with van der Waals surface area (Å²) in [5, 5.41) is 19.6. The topological polar surface area (TPSA) is 86.6 Å². The van der Waals surface area contributed by atoms with Gasteiger partial charge in [-0.2, -0.15) is 0 Å². The largest absolute Gasteiger partial charge is 0.481 e. The first-order chi connectivity index (χ1) is 6.56. The van der Waals surface area contributed by atoms with Crippen molar-refractivity contribution < 1.29 is 19.8 Å². The molecule has 0 fully saturated rings. The molecule has 1 amide bonds. The van der Waals surface area contributed by atoms with Crippen molar-refractivity contribution in [3.63, 3.8) is 0 Å². The molecule has 14 heavy (non-hydrogen) atoms. The van der Waals surface area contributed by atoms with Gasteiger partial charge in [0.15, 0.2) is 0 Å². The van der Waals surface area contributed by atoms with Crippen molar-refractivity contribution >= 4 is 11.9 Å². The van der Waals surface area contributed by atoms with E-state index in [0.29, 0.717) is 13.0 Å². The molecule has 3 N–H and O–H groups in total. The van der Waals surface area contributed by atoms with Crippen LogP contribution in [0.25, 0.3) is 0 Å². The Bertz CT molecular complexity index is 193. The predicted molar refractivity (Wildman–Crippen MR) is 50.7 cm³/mol. The SMILES string of the molecule is CC(CO)CNC(=O)CCCC(=O)O. The standard InChI is InChI=1S/C9H17NO4/c1-7(6-11)5-10-8(12)3-2-4-9(13)14/h7,11H,2-6H2,1H3,(H,10,12)(H,13,14). The fraction of sp³-hybridized carbons (Fsp3) is 0.778. The number of aliphatic hydroxyl groups is 1. The van der Waals surface area contributed by atoms with Crippen molar-refractivity contribution in [1.82, 2.24) is 5.32 Å². The fourth-order valence-electron chi connectivity index (χ4n) is 0.841. The molecule has 0 aliphatic heterocycles. The van der Waals surface area contributed by atoms with Crippen molar-refractivity contribution in [2.75, 3.05) is 13.2 Å². The molecule has 5 heteroatoms. The second-order valence-corrected chi connectivity index (χ2v) is 3.34. The van der Waals surface area contributed by atoms with E-state index in [-0.39, 0.29) is 31.3 Å². The van der Waals surface area contributed by atoms with Crippen LogP contribution in [0.1, 0.15) is 26.2 Å². The molecule has 0 saturated carbocycles. The molecule has 0 aromatic carbocycles. The van der Waals surface area contributed by atoms with Crippen molar-refractivity contribution in [2.45, 2.75) is 26.2 Å².